The number of nitrogens with zero attached hydrogens (tertiary/aromatic N) is 3. The molecule has 0 bridgehead atoms. The van der Waals surface area contributed by atoms with Crippen LogP contribution in [0.1, 0.15) is 42.7 Å². The van der Waals surface area contributed by atoms with Crippen molar-refractivity contribution in [1.82, 2.24) is 19.8 Å². The van der Waals surface area contributed by atoms with Gasteiger partial charge in [-0.25, -0.2) is 4.98 Å². The highest BCUT2D eigenvalue weighted by atomic mass is 19.4. The van der Waals surface area contributed by atoms with Gasteiger partial charge in [-0.05, 0) is 37.5 Å². The summed E-state index contributed by atoms with van der Waals surface area (Å²) >= 11 is 0. The van der Waals surface area contributed by atoms with Crippen LogP contribution >= 0.6 is 0 Å². The number of fused-ring (bicyclic) bond motifs is 1. The number of benzene rings is 2. The van der Waals surface area contributed by atoms with Crippen LogP contribution in [0.4, 0.5) is 13.2 Å². The molecule has 1 aliphatic rings. The van der Waals surface area contributed by atoms with Crippen molar-refractivity contribution in [2.45, 2.75) is 58.5 Å². The van der Waals surface area contributed by atoms with E-state index >= 15 is 0 Å². The van der Waals surface area contributed by atoms with Gasteiger partial charge in [-0.15, -0.1) is 0 Å². The topological polar surface area (TPSA) is 67.2 Å². The van der Waals surface area contributed by atoms with Crippen molar-refractivity contribution in [2.75, 3.05) is 6.54 Å². The van der Waals surface area contributed by atoms with Crippen LogP contribution in [0.15, 0.2) is 59.4 Å². The molecule has 1 aliphatic heterocycles. The van der Waals surface area contributed by atoms with Crippen LogP contribution < -0.4 is 10.9 Å². The van der Waals surface area contributed by atoms with Gasteiger partial charge in [-0.3, -0.25) is 19.1 Å². The molecule has 0 radical (unpaired) electrons. The number of rotatable bonds is 7. The third-order valence-corrected chi connectivity index (χ3v) is 6.44. The molecular weight excluding hydrogens is 469 g/mol. The summed E-state index contributed by atoms with van der Waals surface area (Å²) in [6.07, 6.45) is -3.27. The lowest BCUT2D eigenvalue weighted by molar-refractivity contribution is -0.137. The maximum atomic E-state index is 13.5. The molecule has 1 amide bonds. The van der Waals surface area contributed by atoms with Gasteiger partial charge >= 0.3 is 6.18 Å². The molecule has 36 heavy (non-hydrogen) atoms. The first kappa shape index (κ1) is 25.6. The number of carbonyl (C=O) groups is 1. The number of hydrogen-bond donors (Lipinski definition) is 1. The molecule has 1 N–H and O–H groups in total. The van der Waals surface area contributed by atoms with E-state index in [4.69, 9.17) is 4.98 Å². The maximum Gasteiger partial charge on any atom is 0.416 e. The monoisotopic (exact) mass is 498 g/mol. The predicted molar refractivity (Wildman–Crippen MR) is 131 cm³/mol. The van der Waals surface area contributed by atoms with E-state index in [-0.39, 0.29) is 29.9 Å². The lowest BCUT2D eigenvalue weighted by atomic mass is 10.0. The number of nitrogens with one attached hydrogen (secondary N) is 1. The van der Waals surface area contributed by atoms with Crippen molar-refractivity contribution in [1.29, 1.82) is 0 Å². The fourth-order valence-electron chi connectivity index (χ4n) is 4.30. The van der Waals surface area contributed by atoms with E-state index in [0.29, 0.717) is 42.9 Å². The standard InChI is InChI=1S/C27H29F3N4O2/c1-3-18(2)31-24(35)17-34-25(20-9-11-21(12-10-20)27(28,29)30)32-23-16-33(14-13-22(23)26(34)36)15-19-7-5-4-6-8-19/h4-12,18H,3,13-17H2,1-2H3,(H,31,35). The second kappa shape index (κ2) is 10.7. The molecule has 1 atom stereocenters. The van der Waals surface area contributed by atoms with Gasteiger partial charge in [0.05, 0.1) is 11.3 Å². The Morgan fingerprint density at radius 1 is 1.11 bits per heavy atom. The first-order valence-corrected chi connectivity index (χ1v) is 12.0. The highest BCUT2D eigenvalue weighted by molar-refractivity contribution is 5.76. The molecule has 6 nitrogen and oxygen atoms in total. The Hall–Kier alpha value is -3.46. The second-order valence-electron chi connectivity index (χ2n) is 9.15. The minimum atomic E-state index is -4.48. The van der Waals surface area contributed by atoms with Crippen molar-refractivity contribution in [3.05, 3.63) is 87.3 Å². The molecule has 1 aromatic heterocycles. The molecular formula is C27H29F3N4O2. The van der Waals surface area contributed by atoms with Crippen LogP contribution in [0.25, 0.3) is 11.4 Å². The number of halogens is 3. The van der Waals surface area contributed by atoms with Gasteiger partial charge in [0.1, 0.15) is 12.4 Å². The summed E-state index contributed by atoms with van der Waals surface area (Å²) in [6, 6.07) is 14.4. The van der Waals surface area contributed by atoms with Gasteiger partial charge in [0.2, 0.25) is 5.91 Å². The van der Waals surface area contributed by atoms with Crippen molar-refractivity contribution in [2.24, 2.45) is 0 Å². The number of amides is 1. The van der Waals surface area contributed by atoms with Crippen LogP contribution in [0.2, 0.25) is 0 Å². The van der Waals surface area contributed by atoms with E-state index < -0.39 is 11.7 Å². The average molecular weight is 499 g/mol. The van der Waals surface area contributed by atoms with Crippen molar-refractivity contribution >= 4 is 5.91 Å². The number of aromatic nitrogens is 2. The van der Waals surface area contributed by atoms with Crippen LogP contribution in [0.5, 0.6) is 0 Å². The summed E-state index contributed by atoms with van der Waals surface area (Å²) in [5.74, 6) is -0.156. The summed E-state index contributed by atoms with van der Waals surface area (Å²) in [5.41, 5.74) is 1.51. The summed E-state index contributed by atoms with van der Waals surface area (Å²) in [7, 11) is 0. The Morgan fingerprint density at radius 3 is 2.44 bits per heavy atom. The van der Waals surface area contributed by atoms with Crippen molar-refractivity contribution in [3.63, 3.8) is 0 Å². The van der Waals surface area contributed by atoms with Gasteiger partial charge < -0.3 is 5.32 Å². The Morgan fingerprint density at radius 2 is 1.81 bits per heavy atom. The Balaban J connectivity index is 1.71. The molecule has 1 unspecified atom stereocenters. The van der Waals surface area contributed by atoms with Gasteiger partial charge in [0.25, 0.3) is 5.56 Å². The van der Waals surface area contributed by atoms with Crippen LogP contribution in [0.3, 0.4) is 0 Å². The van der Waals surface area contributed by atoms with Crippen LogP contribution in [0, 0.1) is 0 Å². The molecule has 190 valence electrons. The largest absolute Gasteiger partial charge is 0.416 e. The van der Waals surface area contributed by atoms with Crippen LogP contribution in [-0.2, 0) is 37.0 Å². The number of carbonyl (C=O) groups excluding carboxylic acids is 1. The molecule has 2 heterocycles. The van der Waals surface area contributed by atoms with Crippen LogP contribution in [-0.4, -0.2) is 32.9 Å². The zero-order valence-corrected chi connectivity index (χ0v) is 20.3. The van der Waals surface area contributed by atoms with Crippen molar-refractivity contribution < 1.29 is 18.0 Å². The zero-order chi connectivity index (χ0) is 25.9. The molecule has 0 spiro atoms. The van der Waals surface area contributed by atoms with E-state index in [9.17, 15) is 22.8 Å². The molecule has 4 rings (SSSR count). The number of hydrogen-bond acceptors (Lipinski definition) is 4. The first-order valence-electron chi connectivity index (χ1n) is 12.0. The highest BCUT2D eigenvalue weighted by Gasteiger charge is 2.30. The average Bonchev–Trinajstić information content (AvgIpc) is 2.85. The van der Waals surface area contributed by atoms with Gasteiger partial charge in [-0.1, -0.05) is 49.4 Å². The minimum absolute atomic E-state index is 0.0696. The van der Waals surface area contributed by atoms with E-state index in [1.807, 2.05) is 44.2 Å². The Labute approximate surface area is 207 Å². The normalized spacial score (nSPS) is 14.8. The molecule has 3 aromatic rings. The zero-order valence-electron chi connectivity index (χ0n) is 20.3. The van der Waals surface area contributed by atoms with E-state index in [1.54, 1.807) is 0 Å². The Bertz CT molecular complexity index is 1270. The lowest BCUT2D eigenvalue weighted by Gasteiger charge is -2.29. The smallest absolute Gasteiger partial charge is 0.352 e. The summed E-state index contributed by atoms with van der Waals surface area (Å²) in [6.45, 7) is 5.34. The summed E-state index contributed by atoms with van der Waals surface area (Å²) in [5, 5.41) is 2.84. The Kier molecular flexibility index (Phi) is 7.59. The minimum Gasteiger partial charge on any atom is -0.352 e. The van der Waals surface area contributed by atoms with E-state index in [0.717, 1.165) is 24.1 Å². The fourth-order valence-corrected chi connectivity index (χ4v) is 4.30. The molecule has 9 heteroatoms. The van der Waals surface area contributed by atoms with Gasteiger partial charge in [0.15, 0.2) is 0 Å². The summed E-state index contributed by atoms with van der Waals surface area (Å²) in [4.78, 5) is 33.1. The maximum absolute atomic E-state index is 13.5. The molecule has 2 aromatic carbocycles. The lowest BCUT2D eigenvalue weighted by Crippen LogP contribution is -2.41. The van der Waals surface area contributed by atoms with Crippen molar-refractivity contribution in [3.8, 4) is 11.4 Å². The van der Waals surface area contributed by atoms with E-state index in [2.05, 4.69) is 10.2 Å². The third kappa shape index (κ3) is 5.84. The fraction of sp³-hybridized carbons (Fsp3) is 0.370. The molecule has 0 saturated carbocycles. The number of alkyl halides is 3. The van der Waals surface area contributed by atoms with Gasteiger partial charge in [-0.2, -0.15) is 13.2 Å². The molecule has 0 saturated heterocycles. The SMILES string of the molecule is CCC(C)NC(=O)Cn1c(-c2ccc(C(F)(F)F)cc2)nc2c(c1=O)CCN(Cc1ccccc1)C2. The third-order valence-electron chi connectivity index (χ3n) is 6.44. The quantitative estimate of drug-likeness (QED) is 0.524. The second-order valence-corrected chi connectivity index (χ2v) is 9.15. The first-order chi connectivity index (χ1) is 17.2. The highest BCUT2D eigenvalue weighted by Crippen LogP contribution is 2.31. The molecule has 0 aliphatic carbocycles. The molecule has 0 fully saturated rings. The van der Waals surface area contributed by atoms with Gasteiger partial charge in [0, 0.05) is 36.8 Å². The summed E-state index contributed by atoms with van der Waals surface area (Å²) < 4.78 is 40.6. The predicted octanol–water partition coefficient (Wildman–Crippen LogP) is 4.40. The van der Waals surface area contributed by atoms with E-state index in [1.165, 1.54) is 16.7 Å².